The summed E-state index contributed by atoms with van der Waals surface area (Å²) in [5.41, 5.74) is 9.39. The largest absolute Gasteiger partial charge is 0.504 e. The molecule has 2 atom stereocenters. The number of ether oxygens (including phenoxy) is 1. The summed E-state index contributed by atoms with van der Waals surface area (Å²) in [5.74, 6) is 0.980. The van der Waals surface area contributed by atoms with Gasteiger partial charge in [0.05, 0.1) is 12.8 Å². The number of hydrogen-bond acceptors (Lipinski definition) is 9. The summed E-state index contributed by atoms with van der Waals surface area (Å²) in [7, 11) is 1.44. The van der Waals surface area contributed by atoms with Crippen LogP contribution in [0.5, 0.6) is 17.2 Å². The normalized spacial score (nSPS) is 18.4. The van der Waals surface area contributed by atoms with E-state index in [2.05, 4.69) is 38.3 Å². The van der Waals surface area contributed by atoms with Crippen LogP contribution in [0.3, 0.4) is 0 Å². The average Bonchev–Trinajstić information content (AvgIpc) is 3.22. The molecular weight excluding hydrogens is 446 g/mol. The molecule has 0 amide bonds. The molecular formula is C25H37N7O3. The molecule has 3 aromatic rings. The fraction of sp³-hybridized carbons (Fsp3) is 0.560. The van der Waals surface area contributed by atoms with Crippen LogP contribution in [0.1, 0.15) is 76.6 Å². The molecule has 10 nitrogen and oxygen atoms in total. The number of nitrogens with two attached hydrogens (primary N) is 1. The standard InChI is InChI=1S/C25H37N7O3/c1-13(2)19-20-21(32(31-19)14(3)4)24(27-12-15-10-11-18(35-5)23(34)22(15)33)30-25(29-20)28-17-9-7-6-8-16(17)26/h10-11,13-14,16-17,33-34H,6-9,12,26H2,1-5H3,(H2,27,28,29,30). The third kappa shape index (κ3) is 4.93. The summed E-state index contributed by atoms with van der Waals surface area (Å²) in [6, 6.07) is 3.59. The first-order chi connectivity index (χ1) is 16.7. The number of aromatic nitrogens is 4. The van der Waals surface area contributed by atoms with E-state index in [0.717, 1.165) is 42.4 Å². The molecule has 10 heteroatoms. The van der Waals surface area contributed by atoms with Gasteiger partial charge in [0.25, 0.3) is 0 Å². The third-order valence-corrected chi connectivity index (χ3v) is 6.61. The monoisotopic (exact) mass is 483 g/mol. The number of hydrogen-bond donors (Lipinski definition) is 5. The lowest BCUT2D eigenvalue weighted by Crippen LogP contribution is -2.43. The Morgan fingerprint density at radius 1 is 1.11 bits per heavy atom. The van der Waals surface area contributed by atoms with Gasteiger partial charge in [-0.15, -0.1) is 0 Å². The molecule has 1 aromatic carbocycles. The lowest BCUT2D eigenvalue weighted by molar-refractivity contribution is 0.349. The molecule has 0 spiro atoms. The molecule has 0 radical (unpaired) electrons. The van der Waals surface area contributed by atoms with Gasteiger partial charge in [-0.2, -0.15) is 10.1 Å². The molecule has 0 bridgehead atoms. The molecule has 2 unspecified atom stereocenters. The minimum Gasteiger partial charge on any atom is -0.504 e. The van der Waals surface area contributed by atoms with Gasteiger partial charge in [-0.05, 0) is 44.7 Å². The molecule has 1 aliphatic carbocycles. The fourth-order valence-corrected chi connectivity index (χ4v) is 4.61. The Labute approximate surface area is 205 Å². The zero-order valence-corrected chi connectivity index (χ0v) is 21.2. The summed E-state index contributed by atoms with van der Waals surface area (Å²) in [6.07, 6.45) is 4.23. The smallest absolute Gasteiger partial charge is 0.225 e. The SMILES string of the molecule is COc1ccc(CNc2nc(NC3CCCCC3N)nc3c(C(C)C)nn(C(C)C)c23)c(O)c1O. The van der Waals surface area contributed by atoms with E-state index in [1.165, 1.54) is 7.11 Å². The second kappa shape index (κ2) is 10.2. The molecule has 0 aliphatic heterocycles. The Balaban J connectivity index is 1.76. The molecule has 4 rings (SSSR count). The molecule has 190 valence electrons. The number of phenolic OH excluding ortho intramolecular Hbond substituents is 2. The molecule has 2 aromatic heterocycles. The molecule has 1 fully saturated rings. The molecule has 6 N–H and O–H groups in total. The van der Waals surface area contributed by atoms with Gasteiger partial charge in [0, 0.05) is 30.2 Å². The molecule has 1 aliphatic rings. The van der Waals surface area contributed by atoms with Gasteiger partial charge in [-0.3, -0.25) is 4.68 Å². The predicted molar refractivity (Wildman–Crippen MR) is 137 cm³/mol. The van der Waals surface area contributed by atoms with E-state index in [-0.39, 0.29) is 47.8 Å². The van der Waals surface area contributed by atoms with Crippen molar-refractivity contribution < 1.29 is 14.9 Å². The van der Waals surface area contributed by atoms with Crippen LogP contribution in [-0.2, 0) is 6.54 Å². The number of benzene rings is 1. The summed E-state index contributed by atoms with van der Waals surface area (Å²) in [4.78, 5) is 9.72. The van der Waals surface area contributed by atoms with Gasteiger partial charge >= 0.3 is 0 Å². The number of fused-ring (bicyclic) bond motifs is 1. The highest BCUT2D eigenvalue weighted by Gasteiger charge is 2.26. The van der Waals surface area contributed by atoms with Crippen molar-refractivity contribution in [3.05, 3.63) is 23.4 Å². The first-order valence-electron chi connectivity index (χ1n) is 12.3. The van der Waals surface area contributed by atoms with Crippen LogP contribution in [0.25, 0.3) is 11.0 Å². The van der Waals surface area contributed by atoms with Crippen LogP contribution in [0.2, 0.25) is 0 Å². The van der Waals surface area contributed by atoms with Crippen LogP contribution < -0.4 is 21.1 Å². The van der Waals surface area contributed by atoms with E-state index in [4.69, 9.17) is 25.5 Å². The summed E-state index contributed by atoms with van der Waals surface area (Å²) < 4.78 is 7.02. The van der Waals surface area contributed by atoms with Crippen LogP contribution >= 0.6 is 0 Å². The minimum atomic E-state index is -0.289. The maximum absolute atomic E-state index is 10.5. The van der Waals surface area contributed by atoms with E-state index in [9.17, 15) is 10.2 Å². The van der Waals surface area contributed by atoms with Crippen molar-refractivity contribution in [2.75, 3.05) is 17.7 Å². The van der Waals surface area contributed by atoms with E-state index < -0.39 is 0 Å². The lowest BCUT2D eigenvalue weighted by atomic mass is 9.91. The molecule has 0 saturated heterocycles. The van der Waals surface area contributed by atoms with Crippen molar-refractivity contribution in [3.8, 4) is 17.2 Å². The van der Waals surface area contributed by atoms with E-state index in [0.29, 0.717) is 17.3 Å². The van der Waals surface area contributed by atoms with E-state index >= 15 is 0 Å². The van der Waals surface area contributed by atoms with E-state index in [1.807, 2.05) is 4.68 Å². The van der Waals surface area contributed by atoms with Crippen LogP contribution in [-0.4, -0.2) is 49.2 Å². The van der Waals surface area contributed by atoms with Crippen LogP contribution in [0, 0.1) is 0 Å². The van der Waals surface area contributed by atoms with Crippen molar-refractivity contribution in [2.24, 2.45) is 5.73 Å². The topological polar surface area (TPSA) is 143 Å². The first kappa shape index (κ1) is 24.8. The Kier molecular flexibility index (Phi) is 7.20. The quantitative estimate of drug-likeness (QED) is 0.297. The maximum Gasteiger partial charge on any atom is 0.225 e. The average molecular weight is 484 g/mol. The fourth-order valence-electron chi connectivity index (χ4n) is 4.61. The Bertz CT molecular complexity index is 1190. The zero-order valence-electron chi connectivity index (χ0n) is 21.2. The Hall–Kier alpha value is -3.27. The third-order valence-electron chi connectivity index (χ3n) is 6.61. The second-order valence-electron chi connectivity index (χ2n) is 9.85. The first-order valence-corrected chi connectivity index (χ1v) is 12.3. The zero-order chi connectivity index (χ0) is 25.3. The highest BCUT2D eigenvalue weighted by molar-refractivity contribution is 5.89. The maximum atomic E-state index is 10.5. The van der Waals surface area contributed by atoms with Crippen molar-refractivity contribution in [1.82, 2.24) is 19.7 Å². The van der Waals surface area contributed by atoms with E-state index in [1.54, 1.807) is 12.1 Å². The van der Waals surface area contributed by atoms with Crippen molar-refractivity contribution in [1.29, 1.82) is 0 Å². The van der Waals surface area contributed by atoms with Gasteiger partial charge in [0.2, 0.25) is 11.7 Å². The summed E-state index contributed by atoms with van der Waals surface area (Å²) in [5, 5.41) is 32.4. The highest BCUT2D eigenvalue weighted by Crippen LogP contribution is 2.38. The highest BCUT2D eigenvalue weighted by atomic mass is 16.5. The number of aromatic hydroxyl groups is 2. The minimum absolute atomic E-state index is 0.0571. The molecule has 35 heavy (non-hydrogen) atoms. The van der Waals surface area contributed by atoms with Gasteiger partial charge in [0.15, 0.2) is 17.3 Å². The Morgan fingerprint density at radius 3 is 2.51 bits per heavy atom. The number of phenols is 2. The second-order valence-corrected chi connectivity index (χ2v) is 9.85. The van der Waals surface area contributed by atoms with Gasteiger partial charge in [-0.1, -0.05) is 26.7 Å². The van der Waals surface area contributed by atoms with Gasteiger partial charge < -0.3 is 31.3 Å². The van der Waals surface area contributed by atoms with Crippen LogP contribution in [0.4, 0.5) is 11.8 Å². The number of rotatable bonds is 8. The lowest BCUT2D eigenvalue weighted by Gasteiger charge is -2.29. The van der Waals surface area contributed by atoms with Gasteiger partial charge in [0.1, 0.15) is 11.0 Å². The summed E-state index contributed by atoms with van der Waals surface area (Å²) >= 11 is 0. The number of methoxy groups -OCH3 is 1. The van der Waals surface area contributed by atoms with Crippen molar-refractivity contribution >= 4 is 22.8 Å². The van der Waals surface area contributed by atoms with Gasteiger partial charge in [-0.25, -0.2) is 4.98 Å². The number of nitrogens with zero attached hydrogens (tertiary/aromatic N) is 4. The number of nitrogens with one attached hydrogen (secondary N) is 2. The van der Waals surface area contributed by atoms with Crippen molar-refractivity contribution in [2.45, 2.75) is 84.0 Å². The molecule has 1 saturated carbocycles. The van der Waals surface area contributed by atoms with Crippen LogP contribution in [0.15, 0.2) is 12.1 Å². The Morgan fingerprint density at radius 2 is 1.86 bits per heavy atom. The van der Waals surface area contributed by atoms with Crippen molar-refractivity contribution in [3.63, 3.8) is 0 Å². The number of anilines is 2. The predicted octanol–water partition coefficient (Wildman–Crippen LogP) is 4.24. The molecule has 2 heterocycles. The summed E-state index contributed by atoms with van der Waals surface area (Å²) in [6.45, 7) is 8.58.